The number of methoxy groups -OCH3 is 1. The molecule has 0 aromatic heterocycles. The van der Waals surface area contributed by atoms with E-state index in [1.54, 1.807) is 43.5 Å². The van der Waals surface area contributed by atoms with Gasteiger partial charge in [-0.15, -0.1) is 0 Å². The molecule has 1 saturated heterocycles. The summed E-state index contributed by atoms with van der Waals surface area (Å²) < 4.78 is 48.2. The van der Waals surface area contributed by atoms with Gasteiger partial charge < -0.3 is 19.3 Å². The first-order valence-electron chi connectivity index (χ1n) is 11.3. The number of esters is 1. The van der Waals surface area contributed by atoms with E-state index >= 15 is 0 Å². The number of nitrogens with one attached hydrogen (secondary N) is 1. The van der Waals surface area contributed by atoms with Crippen molar-refractivity contribution in [3.8, 4) is 11.5 Å². The van der Waals surface area contributed by atoms with Gasteiger partial charge in [0.2, 0.25) is 5.91 Å². The van der Waals surface area contributed by atoms with Crippen molar-refractivity contribution in [2.45, 2.75) is 37.0 Å². The van der Waals surface area contributed by atoms with Crippen LogP contribution in [-0.2, 0) is 35.9 Å². The molecule has 2 aromatic rings. The van der Waals surface area contributed by atoms with Gasteiger partial charge in [0.25, 0.3) is 5.24 Å². The van der Waals surface area contributed by atoms with Crippen LogP contribution in [0.5, 0.6) is 11.5 Å². The third-order valence-corrected chi connectivity index (χ3v) is 6.03. The maximum absolute atomic E-state index is 12.2. The Morgan fingerprint density at radius 1 is 1.00 bits per heavy atom. The topological polar surface area (TPSA) is 203 Å². The molecule has 1 aliphatic rings. The molecule has 1 heterocycles. The fourth-order valence-corrected chi connectivity index (χ4v) is 4.11. The van der Waals surface area contributed by atoms with Crippen LogP contribution in [0.25, 0.3) is 0 Å². The van der Waals surface area contributed by atoms with Crippen LogP contribution >= 0.6 is 11.8 Å². The second-order valence-electron chi connectivity index (χ2n) is 7.99. The lowest BCUT2D eigenvalue weighted by Gasteiger charge is -2.19. The summed E-state index contributed by atoms with van der Waals surface area (Å²) in [6, 6.07) is 14.1. The molecule has 0 aliphatic carbocycles. The number of amides is 2. The zero-order valence-corrected chi connectivity index (χ0v) is 22.3. The lowest BCUT2D eigenvalue weighted by molar-refractivity contribution is -0.151. The molecule has 212 valence electrons. The van der Waals surface area contributed by atoms with Gasteiger partial charge in [-0.3, -0.25) is 33.6 Å². The molecule has 0 saturated carbocycles. The average molecular weight is 586 g/mol. The molecular weight excluding hydrogens is 558 g/mol. The van der Waals surface area contributed by atoms with Gasteiger partial charge in [0.05, 0.1) is 12.4 Å². The third-order valence-electron chi connectivity index (χ3n) is 5.05. The smallest absolute Gasteiger partial charge is 0.394 e. The molecule has 39 heavy (non-hydrogen) atoms. The first-order valence-corrected chi connectivity index (χ1v) is 13.6. The minimum Gasteiger partial charge on any atom is -0.497 e. The molecule has 15 heteroatoms. The first-order chi connectivity index (χ1) is 18.3. The number of hydrogen-bond donors (Lipinski definition) is 4. The van der Waals surface area contributed by atoms with E-state index in [2.05, 4.69) is 5.32 Å². The van der Waals surface area contributed by atoms with Gasteiger partial charge in [0.1, 0.15) is 18.1 Å². The van der Waals surface area contributed by atoms with Crippen LogP contribution in [-0.4, -0.2) is 64.7 Å². The minimum absolute atomic E-state index is 0.0110. The van der Waals surface area contributed by atoms with E-state index < -0.39 is 33.7 Å². The number of benzene rings is 2. The molecule has 1 aliphatic heterocycles. The Bertz CT molecular complexity index is 1240. The summed E-state index contributed by atoms with van der Waals surface area (Å²) in [4.78, 5) is 46.0. The van der Waals surface area contributed by atoms with Gasteiger partial charge in [0, 0.05) is 12.8 Å². The summed E-state index contributed by atoms with van der Waals surface area (Å²) in [5, 5.41) is 10.2. The molecule has 0 spiro atoms. The highest BCUT2D eigenvalue weighted by Gasteiger charge is 2.31. The number of imide groups is 1. The van der Waals surface area contributed by atoms with Crippen LogP contribution in [0.4, 0.5) is 4.79 Å². The van der Waals surface area contributed by atoms with Gasteiger partial charge in [-0.2, -0.15) is 8.42 Å². The van der Waals surface area contributed by atoms with E-state index in [-0.39, 0.29) is 37.0 Å². The largest absolute Gasteiger partial charge is 0.497 e. The number of carbonyl (C=O) groups excluding carboxylic acids is 3. The maximum Gasteiger partial charge on any atom is 0.394 e. The van der Waals surface area contributed by atoms with Crippen molar-refractivity contribution in [1.82, 2.24) is 5.32 Å². The minimum atomic E-state index is -4.67. The van der Waals surface area contributed by atoms with Crippen molar-refractivity contribution >= 4 is 45.2 Å². The SMILES string of the molecule is COc1ccc([C@@H](COc2ccc(CC3SC(=O)NC3=O)cc2)OC(=O)CCCC(=O)O)cc1.O=S(=O)(O)O. The predicted octanol–water partition coefficient (Wildman–Crippen LogP) is 2.85. The zero-order valence-electron chi connectivity index (χ0n) is 20.6. The van der Waals surface area contributed by atoms with E-state index in [0.29, 0.717) is 23.5 Å². The Hall–Kier alpha value is -3.66. The van der Waals surface area contributed by atoms with E-state index in [1.807, 2.05) is 12.1 Å². The normalized spacial score (nSPS) is 15.4. The van der Waals surface area contributed by atoms with Gasteiger partial charge in [-0.05, 0) is 48.2 Å². The molecule has 0 bridgehead atoms. The fourth-order valence-electron chi connectivity index (χ4n) is 3.25. The molecule has 4 N–H and O–H groups in total. The molecule has 13 nitrogen and oxygen atoms in total. The second-order valence-corrected chi connectivity index (χ2v) is 10.1. The van der Waals surface area contributed by atoms with Crippen molar-refractivity contribution in [1.29, 1.82) is 0 Å². The summed E-state index contributed by atoms with van der Waals surface area (Å²) in [6.07, 6.45) is -0.212. The fraction of sp³-hybridized carbons (Fsp3) is 0.333. The monoisotopic (exact) mass is 585 g/mol. The Kier molecular flexibility index (Phi) is 12.2. The van der Waals surface area contributed by atoms with Gasteiger partial charge >= 0.3 is 22.3 Å². The van der Waals surface area contributed by atoms with Crippen LogP contribution < -0.4 is 14.8 Å². The number of ether oxygens (including phenoxy) is 3. The highest BCUT2D eigenvalue weighted by atomic mass is 32.3. The van der Waals surface area contributed by atoms with Crippen molar-refractivity contribution in [2.24, 2.45) is 0 Å². The quantitative estimate of drug-likeness (QED) is 0.209. The average Bonchev–Trinajstić information content (AvgIpc) is 3.17. The van der Waals surface area contributed by atoms with Gasteiger partial charge in [-0.1, -0.05) is 36.0 Å². The summed E-state index contributed by atoms with van der Waals surface area (Å²) in [5.41, 5.74) is 1.59. The number of thioether (sulfide) groups is 1. The van der Waals surface area contributed by atoms with Crippen LogP contribution in [0.15, 0.2) is 48.5 Å². The van der Waals surface area contributed by atoms with Crippen molar-refractivity contribution in [3.63, 3.8) is 0 Å². The lowest BCUT2D eigenvalue weighted by Crippen LogP contribution is -2.25. The van der Waals surface area contributed by atoms with Crippen LogP contribution in [0.3, 0.4) is 0 Å². The standard InChI is InChI=1S/C24H25NO8S.H2O4S/c1-31-17-11-7-16(8-12-17)19(33-22(28)4-2-3-21(26)27)14-32-18-9-5-15(6-10-18)13-20-23(29)25-24(30)34-20;1-5(2,3)4/h5-12,19-20H,2-4,13-14H2,1H3,(H,26,27)(H,25,29,30);(H2,1,2,3,4)/t19-,20?;/m1./s1. The molecule has 0 radical (unpaired) electrons. The molecular formula is C24H27NO12S2. The molecule has 2 atom stereocenters. The number of carbonyl (C=O) groups is 4. The zero-order chi connectivity index (χ0) is 29.0. The number of carboxylic acids is 1. The van der Waals surface area contributed by atoms with E-state index in [1.165, 1.54) is 0 Å². The van der Waals surface area contributed by atoms with Crippen molar-refractivity contribution in [3.05, 3.63) is 59.7 Å². The summed E-state index contributed by atoms with van der Waals surface area (Å²) in [7, 11) is -3.11. The number of carboxylic acid groups (broad SMARTS) is 1. The van der Waals surface area contributed by atoms with Crippen molar-refractivity contribution < 1.29 is 56.0 Å². The maximum atomic E-state index is 12.2. The Morgan fingerprint density at radius 2 is 1.59 bits per heavy atom. The van der Waals surface area contributed by atoms with Crippen molar-refractivity contribution in [2.75, 3.05) is 13.7 Å². The Labute approximate surface area is 228 Å². The van der Waals surface area contributed by atoms with E-state index in [0.717, 1.165) is 17.3 Å². The third kappa shape index (κ3) is 12.6. The number of aliphatic carboxylic acids is 1. The molecule has 1 fully saturated rings. The Morgan fingerprint density at radius 3 is 2.10 bits per heavy atom. The highest BCUT2D eigenvalue weighted by Crippen LogP contribution is 2.26. The van der Waals surface area contributed by atoms with Crippen LogP contribution in [0.1, 0.15) is 36.5 Å². The van der Waals surface area contributed by atoms with Gasteiger partial charge in [-0.25, -0.2) is 0 Å². The van der Waals surface area contributed by atoms with E-state index in [9.17, 15) is 19.2 Å². The Balaban J connectivity index is 0.000000976. The summed E-state index contributed by atoms with van der Waals surface area (Å²) in [5.74, 6) is -0.567. The summed E-state index contributed by atoms with van der Waals surface area (Å²) in [6.45, 7) is 0.0474. The van der Waals surface area contributed by atoms with Crippen LogP contribution in [0.2, 0.25) is 0 Å². The second kappa shape index (κ2) is 15.1. The highest BCUT2D eigenvalue weighted by molar-refractivity contribution is 8.15. The lowest BCUT2D eigenvalue weighted by atomic mass is 10.1. The number of rotatable bonds is 12. The summed E-state index contributed by atoms with van der Waals surface area (Å²) >= 11 is 0.979. The van der Waals surface area contributed by atoms with E-state index in [4.69, 9.17) is 36.8 Å². The molecule has 2 amide bonds. The first kappa shape index (κ1) is 31.6. The van der Waals surface area contributed by atoms with Gasteiger partial charge in [0.15, 0.2) is 6.10 Å². The molecule has 2 aromatic carbocycles. The number of hydrogen-bond acceptors (Lipinski definition) is 10. The molecule has 1 unspecified atom stereocenters. The van der Waals surface area contributed by atoms with Crippen LogP contribution in [0, 0.1) is 0 Å². The molecule has 3 rings (SSSR count). The predicted molar refractivity (Wildman–Crippen MR) is 138 cm³/mol.